The first-order chi connectivity index (χ1) is 15.5. The molecule has 6 heteroatoms. The van der Waals surface area contributed by atoms with Crippen LogP contribution in [-0.2, 0) is 13.6 Å². The van der Waals surface area contributed by atoms with Crippen molar-refractivity contribution < 1.29 is 14.6 Å². The molecule has 0 aliphatic heterocycles. The molecule has 0 unspecified atom stereocenters. The lowest BCUT2D eigenvalue weighted by molar-refractivity contribution is 0.100. The van der Waals surface area contributed by atoms with Gasteiger partial charge in [0.05, 0.1) is 18.8 Å². The number of ether oxygens (including phenoxy) is 2. The predicted molar refractivity (Wildman–Crippen MR) is 128 cm³/mol. The minimum absolute atomic E-state index is 0.339. The summed E-state index contributed by atoms with van der Waals surface area (Å²) in [4.78, 5) is 2.30. The topological polar surface area (TPSA) is 59.8 Å². The molecule has 0 spiro atoms. The molecular formula is C26H35N3O3. The highest BCUT2D eigenvalue weighted by Gasteiger charge is 2.23. The molecule has 1 aromatic heterocycles. The fraction of sp³-hybridized carbons (Fsp3) is 0.423. The molecule has 32 heavy (non-hydrogen) atoms. The number of aryl methyl sites for hydroxylation is 1. The summed E-state index contributed by atoms with van der Waals surface area (Å²) in [5.41, 5.74) is 2.97. The molecule has 0 radical (unpaired) electrons. The van der Waals surface area contributed by atoms with E-state index in [9.17, 15) is 5.11 Å². The Morgan fingerprint density at radius 3 is 2.31 bits per heavy atom. The molecule has 0 aliphatic rings. The minimum atomic E-state index is -0.339. The molecule has 0 saturated carbocycles. The fourth-order valence-corrected chi connectivity index (χ4v) is 3.90. The molecule has 0 aliphatic carbocycles. The summed E-state index contributed by atoms with van der Waals surface area (Å²) in [5, 5.41) is 15.3. The third-order valence-corrected chi connectivity index (χ3v) is 5.42. The summed E-state index contributed by atoms with van der Waals surface area (Å²) >= 11 is 0. The highest BCUT2D eigenvalue weighted by Crippen LogP contribution is 2.34. The van der Waals surface area contributed by atoms with E-state index in [1.54, 1.807) is 11.8 Å². The number of methoxy groups -OCH3 is 1. The van der Waals surface area contributed by atoms with Crippen molar-refractivity contribution in [1.82, 2.24) is 14.7 Å². The quantitative estimate of drug-likeness (QED) is 0.419. The van der Waals surface area contributed by atoms with Gasteiger partial charge >= 0.3 is 0 Å². The average molecular weight is 438 g/mol. The first-order valence-corrected chi connectivity index (χ1v) is 11.4. The Bertz CT molecular complexity index is 954. The van der Waals surface area contributed by atoms with Gasteiger partial charge in [0.15, 0.2) is 0 Å². The molecule has 3 rings (SSSR count). The lowest BCUT2D eigenvalue weighted by Gasteiger charge is -2.25. The van der Waals surface area contributed by atoms with Gasteiger partial charge in [-0.25, -0.2) is 4.68 Å². The van der Waals surface area contributed by atoms with Gasteiger partial charge in [0, 0.05) is 25.7 Å². The molecule has 0 fully saturated rings. The summed E-state index contributed by atoms with van der Waals surface area (Å²) in [6.07, 6.45) is 2.44. The van der Waals surface area contributed by atoms with Gasteiger partial charge in [0.2, 0.25) is 5.88 Å². The van der Waals surface area contributed by atoms with Crippen molar-refractivity contribution in [2.24, 2.45) is 7.05 Å². The first-order valence-electron chi connectivity index (χ1n) is 11.4. The molecule has 2 aromatic carbocycles. The van der Waals surface area contributed by atoms with Crippen molar-refractivity contribution in [2.75, 3.05) is 20.2 Å². The van der Waals surface area contributed by atoms with Gasteiger partial charge in [-0.05, 0) is 43.7 Å². The van der Waals surface area contributed by atoms with Gasteiger partial charge in [-0.3, -0.25) is 4.90 Å². The number of nitrogens with zero attached hydrogens (tertiary/aromatic N) is 3. The van der Waals surface area contributed by atoms with Crippen LogP contribution >= 0.6 is 0 Å². The van der Waals surface area contributed by atoms with Crippen LogP contribution < -0.4 is 9.47 Å². The number of benzene rings is 2. The maximum Gasteiger partial charge on any atom is 0.222 e. The number of aliphatic hydroxyl groups is 1. The monoisotopic (exact) mass is 437 g/mol. The third-order valence-electron chi connectivity index (χ3n) is 5.42. The molecule has 3 aromatic rings. The van der Waals surface area contributed by atoms with Crippen LogP contribution in [-0.4, -0.2) is 46.1 Å². The highest BCUT2D eigenvalue weighted by molar-refractivity contribution is 5.65. The van der Waals surface area contributed by atoms with Gasteiger partial charge in [-0.2, -0.15) is 5.10 Å². The van der Waals surface area contributed by atoms with E-state index >= 15 is 0 Å². The van der Waals surface area contributed by atoms with Crippen LogP contribution in [0.5, 0.6) is 17.4 Å². The Balaban J connectivity index is 1.97. The zero-order valence-corrected chi connectivity index (χ0v) is 19.6. The Kier molecular flexibility index (Phi) is 8.71. The molecule has 1 atom stereocenters. The smallest absolute Gasteiger partial charge is 0.222 e. The van der Waals surface area contributed by atoms with Crippen LogP contribution in [0.1, 0.15) is 38.7 Å². The lowest BCUT2D eigenvalue weighted by Crippen LogP contribution is -2.32. The molecule has 0 amide bonds. The summed E-state index contributed by atoms with van der Waals surface area (Å²) in [6, 6.07) is 17.7. The van der Waals surface area contributed by atoms with E-state index in [0.717, 1.165) is 54.1 Å². The van der Waals surface area contributed by atoms with Gasteiger partial charge in [0.25, 0.3) is 0 Å². The van der Waals surface area contributed by atoms with Crippen molar-refractivity contribution in [2.45, 2.75) is 45.8 Å². The van der Waals surface area contributed by atoms with Crippen LogP contribution in [0.2, 0.25) is 0 Å². The van der Waals surface area contributed by atoms with Crippen molar-refractivity contribution in [3.63, 3.8) is 0 Å². The van der Waals surface area contributed by atoms with Crippen LogP contribution in [0.3, 0.4) is 0 Å². The molecular weight excluding hydrogens is 402 g/mol. The van der Waals surface area contributed by atoms with Crippen LogP contribution in [0.4, 0.5) is 0 Å². The second-order valence-corrected chi connectivity index (χ2v) is 8.08. The second-order valence-electron chi connectivity index (χ2n) is 8.08. The van der Waals surface area contributed by atoms with Gasteiger partial charge in [-0.15, -0.1) is 0 Å². The second kappa shape index (κ2) is 11.7. The van der Waals surface area contributed by atoms with Crippen LogP contribution in [0, 0.1) is 0 Å². The largest absolute Gasteiger partial charge is 0.497 e. The minimum Gasteiger partial charge on any atom is -0.497 e. The predicted octanol–water partition coefficient (Wildman–Crippen LogP) is 5.26. The van der Waals surface area contributed by atoms with E-state index in [-0.39, 0.29) is 6.10 Å². The summed E-state index contributed by atoms with van der Waals surface area (Å²) < 4.78 is 13.4. The lowest BCUT2D eigenvalue weighted by atomic mass is 10.1. The summed E-state index contributed by atoms with van der Waals surface area (Å²) in [7, 11) is 3.56. The van der Waals surface area contributed by atoms with Crippen LogP contribution in [0.15, 0.2) is 54.6 Å². The Hall–Kier alpha value is -2.83. The Morgan fingerprint density at radius 1 is 1.00 bits per heavy atom. The van der Waals surface area contributed by atoms with E-state index in [4.69, 9.17) is 14.6 Å². The van der Waals surface area contributed by atoms with Crippen molar-refractivity contribution in [3.8, 4) is 28.6 Å². The standard InChI is InChI=1S/C26H35N3O3/c1-5-10-21(30)18-29(17-6-2)19-24-25(20-11-8-7-9-12-20)27-28(3)26(24)32-23-15-13-22(31-4)14-16-23/h7-9,11-16,21,30H,5-6,10,17-19H2,1-4H3/t21-/m1/s1. The van der Waals surface area contributed by atoms with E-state index in [2.05, 4.69) is 30.9 Å². The third kappa shape index (κ3) is 6.11. The van der Waals surface area contributed by atoms with Crippen molar-refractivity contribution >= 4 is 0 Å². The fourth-order valence-electron chi connectivity index (χ4n) is 3.90. The molecule has 172 valence electrons. The van der Waals surface area contributed by atoms with Gasteiger partial charge < -0.3 is 14.6 Å². The van der Waals surface area contributed by atoms with E-state index in [1.165, 1.54) is 0 Å². The number of hydrogen-bond donors (Lipinski definition) is 1. The van der Waals surface area contributed by atoms with E-state index < -0.39 is 0 Å². The van der Waals surface area contributed by atoms with Crippen LogP contribution in [0.25, 0.3) is 11.3 Å². The van der Waals surface area contributed by atoms with Gasteiger partial charge in [0.1, 0.15) is 17.2 Å². The van der Waals surface area contributed by atoms with E-state index in [0.29, 0.717) is 19.0 Å². The Morgan fingerprint density at radius 2 is 1.69 bits per heavy atom. The van der Waals surface area contributed by atoms with Crippen molar-refractivity contribution in [1.29, 1.82) is 0 Å². The number of aromatic nitrogens is 2. The maximum atomic E-state index is 10.5. The number of aliphatic hydroxyl groups excluding tert-OH is 1. The maximum absolute atomic E-state index is 10.5. The first kappa shape index (κ1) is 23.8. The SMILES string of the molecule is CCC[C@@H](O)CN(CCC)Cc1c(-c2ccccc2)nn(C)c1Oc1ccc(OC)cc1. The summed E-state index contributed by atoms with van der Waals surface area (Å²) in [5.74, 6) is 2.22. The van der Waals surface area contributed by atoms with E-state index in [1.807, 2.05) is 49.5 Å². The molecule has 0 bridgehead atoms. The molecule has 6 nitrogen and oxygen atoms in total. The zero-order valence-electron chi connectivity index (χ0n) is 19.6. The number of rotatable bonds is 12. The normalized spacial score (nSPS) is 12.2. The summed E-state index contributed by atoms with van der Waals surface area (Å²) in [6.45, 7) is 6.44. The number of hydrogen-bond acceptors (Lipinski definition) is 5. The molecule has 1 heterocycles. The zero-order chi connectivity index (χ0) is 22.9. The molecule has 0 saturated heterocycles. The average Bonchev–Trinajstić information content (AvgIpc) is 3.10. The van der Waals surface area contributed by atoms with Gasteiger partial charge in [-0.1, -0.05) is 50.6 Å². The van der Waals surface area contributed by atoms with Crippen molar-refractivity contribution in [3.05, 3.63) is 60.2 Å². The highest BCUT2D eigenvalue weighted by atomic mass is 16.5. The molecule has 1 N–H and O–H groups in total. The Labute approximate surface area is 191 Å².